The molecule has 3 aliphatic carbocycles. The second-order valence-corrected chi connectivity index (χ2v) is 7.70. The van der Waals surface area contributed by atoms with Crippen LogP contribution >= 0.6 is 0 Å². The van der Waals surface area contributed by atoms with Crippen molar-refractivity contribution in [2.24, 2.45) is 23.4 Å². The Bertz CT molecular complexity index is 1350. The van der Waals surface area contributed by atoms with Gasteiger partial charge in [0.15, 0.2) is 11.4 Å². The smallest absolute Gasteiger partial charge is 0.255 e. The lowest BCUT2D eigenvalue weighted by atomic mass is 9.53. The zero-order valence-electron chi connectivity index (χ0n) is 20.8. The normalized spacial score (nSPS) is 42.9. The molecule has 30 heavy (non-hydrogen) atoms. The number of aliphatic hydroxyl groups excluding tert-OH is 2. The second kappa shape index (κ2) is 5.93. The van der Waals surface area contributed by atoms with E-state index >= 15 is 0 Å². The van der Waals surface area contributed by atoms with Crippen LogP contribution in [0.25, 0.3) is 5.76 Å². The van der Waals surface area contributed by atoms with Gasteiger partial charge in [-0.2, -0.15) is 0 Å². The van der Waals surface area contributed by atoms with Gasteiger partial charge in [0.25, 0.3) is 5.91 Å². The van der Waals surface area contributed by atoms with Crippen LogP contribution in [0.15, 0.2) is 35.0 Å². The number of nitrogens with two attached hydrogens (primary N) is 1. The van der Waals surface area contributed by atoms with Crippen molar-refractivity contribution in [3.63, 3.8) is 0 Å². The third kappa shape index (κ3) is 2.16. The van der Waals surface area contributed by atoms with E-state index in [2.05, 4.69) is 0 Å². The van der Waals surface area contributed by atoms with Gasteiger partial charge in [-0.3, -0.25) is 14.4 Å². The molecule has 3 unspecified atom stereocenters. The molecule has 0 spiro atoms. The molecule has 0 aliphatic heterocycles. The van der Waals surface area contributed by atoms with Crippen molar-refractivity contribution in [3.05, 3.63) is 46.2 Å². The number of carbonyl (C=O) groups excluding carboxylic acids is 3. The SMILES string of the molecule is [2H]c1c([2H])c(O)c2c(c1[2H])[C@@](C)(O)C1([2H])CC3C([2H])(C)C(=O)C(C(N)=O)=C(O)[C@@]3(O)C(=O)C1=C2O. The van der Waals surface area contributed by atoms with E-state index in [1.54, 1.807) is 0 Å². The summed E-state index contributed by atoms with van der Waals surface area (Å²) in [6.07, 6.45) is -0.931. The number of amides is 1. The number of carbonyl (C=O) groups is 3. The molecule has 0 heterocycles. The van der Waals surface area contributed by atoms with Crippen molar-refractivity contribution in [2.45, 2.75) is 31.5 Å². The molecule has 0 bridgehead atoms. The van der Waals surface area contributed by atoms with Crippen molar-refractivity contribution < 1.29 is 46.8 Å². The van der Waals surface area contributed by atoms with Gasteiger partial charge in [0, 0.05) is 26.0 Å². The molecular formula is C21H21NO8. The van der Waals surface area contributed by atoms with Crippen molar-refractivity contribution in [2.75, 3.05) is 0 Å². The fourth-order valence-corrected chi connectivity index (χ4v) is 4.52. The standard InChI is InChI=1S/C21H21NO8/c1-7-9-6-10-13(16(25)12-8(20(10,2)29)4-3-5-11(12)23)17(26)21(9,30)18(27)14(15(7)24)19(22)28/h3-5,7,9-10,23,25,27,29-30H,6H2,1-2H3,(H2,22,28)/t7?,9?,10?,20-,21+/m1/s1/i3D,4D,5D,7D,10D. The lowest BCUT2D eigenvalue weighted by molar-refractivity contribution is -0.157. The van der Waals surface area contributed by atoms with Crippen LogP contribution in [-0.4, -0.2) is 48.6 Å². The van der Waals surface area contributed by atoms with E-state index in [-0.39, 0.29) is 0 Å². The van der Waals surface area contributed by atoms with Gasteiger partial charge in [-0.1, -0.05) is 19.0 Å². The van der Waals surface area contributed by atoms with E-state index in [4.69, 9.17) is 12.6 Å². The van der Waals surface area contributed by atoms with Gasteiger partial charge in [0.1, 0.15) is 22.8 Å². The first-order valence-corrected chi connectivity index (χ1v) is 8.86. The number of benzene rings is 1. The number of hydrogen-bond acceptors (Lipinski definition) is 8. The van der Waals surface area contributed by atoms with Crippen LogP contribution < -0.4 is 5.73 Å². The summed E-state index contributed by atoms with van der Waals surface area (Å²) in [7, 11) is 0. The van der Waals surface area contributed by atoms with Crippen molar-refractivity contribution >= 4 is 23.2 Å². The Morgan fingerprint density at radius 3 is 2.50 bits per heavy atom. The Morgan fingerprint density at radius 1 is 1.27 bits per heavy atom. The number of rotatable bonds is 1. The van der Waals surface area contributed by atoms with Gasteiger partial charge in [0.2, 0.25) is 5.78 Å². The third-order valence-corrected chi connectivity index (χ3v) is 6.14. The largest absolute Gasteiger partial charge is 0.508 e. The van der Waals surface area contributed by atoms with Gasteiger partial charge < -0.3 is 31.3 Å². The molecule has 1 saturated carbocycles. The molecule has 1 aromatic rings. The van der Waals surface area contributed by atoms with Crippen LogP contribution in [0.5, 0.6) is 5.75 Å². The van der Waals surface area contributed by atoms with Crippen LogP contribution in [0.1, 0.15) is 38.2 Å². The first-order chi connectivity index (χ1) is 15.8. The number of phenolic OH excluding ortho intramolecular Hbond substituents is 1. The van der Waals surface area contributed by atoms with E-state index in [0.29, 0.717) is 0 Å². The summed E-state index contributed by atoms with van der Waals surface area (Å²) < 4.78 is 41.5. The highest BCUT2D eigenvalue weighted by Gasteiger charge is 2.65. The van der Waals surface area contributed by atoms with Crippen LogP contribution in [0.3, 0.4) is 0 Å². The molecular weight excluding hydrogens is 394 g/mol. The maximum absolute atomic E-state index is 13.7. The Morgan fingerprint density at radius 2 is 1.90 bits per heavy atom. The molecule has 1 amide bonds. The highest BCUT2D eigenvalue weighted by atomic mass is 16.3. The summed E-state index contributed by atoms with van der Waals surface area (Å²) in [6, 6.07) is -2.59. The molecule has 4 rings (SSSR count). The summed E-state index contributed by atoms with van der Waals surface area (Å²) in [6.45, 7) is 1.87. The van der Waals surface area contributed by atoms with Gasteiger partial charge >= 0.3 is 0 Å². The van der Waals surface area contributed by atoms with Crippen LogP contribution in [0, 0.1) is 17.7 Å². The highest BCUT2D eigenvalue weighted by Crippen LogP contribution is 2.57. The predicted molar refractivity (Wildman–Crippen MR) is 102 cm³/mol. The van der Waals surface area contributed by atoms with Crippen LogP contribution in [-0.2, 0) is 20.0 Å². The Balaban J connectivity index is 2.17. The molecule has 7 N–H and O–H groups in total. The minimum absolute atomic E-state index is 0.656. The quantitative estimate of drug-likeness (QED) is 0.352. The van der Waals surface area contributed by atoms with Gasteiger partial charge in [0.05, 0.1) is 15.3 Å². The second-order valence-electron chi connectivity index (χ2n) is 7.70. The number of phenols is 1. The highest BCUT2D eigenvalue weighted by molar-refractivity contribution is 6.23. The van der Waals surface area contributed by atoms with Crippen LogP contribution in [0.2, 0.25) is 0 Å². The molecule has 3 aliphatic rings. The summed E-state index contributed by atoms with van der Waals surface area (Å²) in [5.74, 6) is -15.4. The fraction of sp³-hybridized carbons (Fsp3) is 0.381. The Kier molecular flexibility index (Phi) is 2.92. The molecule has 0 aromatic heterocycles. The van der Waals surface area contributed by atoms with Crippen LogP contribution in [0.4, 0.5) is 0 Å². The molecule has 0 saturated heterocycles. The summed E-state index contributed by atoms with van der Waals surface area (Å²) in [4.78, 5) is 38.4. The number of primary amides is 1. The maximum atomic E-state index is 13.7. The van der Waals surface area contributed by atoms with E-state index in [1.807, 2.05) is 0 Å². The van der Waals surface area contributed by atoms with E-state index in [0.717, 1.165) is 13.8 Å². The number of aromatic hydroxyl groups is 1. The first kappa shape index (κ1) is 14.8. The molecule has 158 valence electrons. The van der Waals surface area contributed by atoms with E-state index < -0.39 is 110 Å². The molecule has 1 fully saturated rings. The monoisotopic (exact) mass is 420 g/mol. The van der Waals surface area contributed by atoms with Crippen molar-refractivity contribution in [3.8, 4) is 5.75 Å². The summed E-state index contributed by atoms with van der Waals surface area (Å²) in [5.41, 5.74) is -4.43. The summed E-state index contributed by atoms with van der Waals surface area (Å²) in [5, 5.41) is 55.1. The molecule has 0 radical (unpaired) electrons. The number of hydrogen-bond donors (Lipinski definition) is 6. The number of ketones is 2. The molecule has 5 atom stereocenters. The first-order valence-electron chi connectivity index (χ1n) is 11.4. The Labute approximate surface area is 177 Å². The maximum Gasteiger partial charge on any atom is 0.255 e. The third-order valence-electron chi connectivity index (χ3n) is 6.14. The van der Waals surface area contributed by atoms with Gasteiger partial charge in [-0.25, -0.2) is 0 Å². The molecule has 9 nitrogen and oxygen atoms in total. The number of fused-ring (bicyclic) bond motifs is 3. The molecule has 9 heteroatoms. The molecule has 1 aromatic carbocycles. The lowest BCUT2D eigenvalue weighted by Gasteiger charge is -2.51. The lowest BCUT2D eigenvalue weighted by Crippen LogP contribution is -2.62. The van der Waals surface area contributed by atoms with E-state index in [9.17, 15) is 39.9 Å². The Hall–Kier alpha value is -3.17. The minimum atomic E-state index is -3.20. The van der Waals surface area contributed by atoms with Gasteiger partial charge in [-0.15, -0.1) is 0 Å². The zero-order chi connectivity index (χ0) is 26.8. The number of Topliss-reactive ketones (excluding diaryl/α,β-unsaturated/α-hetero) is 2. The minimum Gasteiger partial charge on any atom is -0.508 e. The van der Waals surface area contributed by atoms with Crippen molar-refractivity contribution in [1.82, 2.24) is 0 Å². The van der Waals surface area contributed by atoms with Gasteiger partial charge in [-0.05, 0) is 25.0 Å². The van der Waals surface area contributed by atoms with Crippen molar-refractivity contribution in [1.29, 1.82) is 0 Å². The fourth-order valence-electron chi connectivity index (χ4n) is 4.52. The summed E-state index contributed by atoms with van der Waals surface area (Å²) >= 11 is 0. The number of aliphatic hydroxyl groups is 4. The topological polar surface area (TPSA) is 178 Å². The zero-order valence-corrected chi connectivity index (χ0v) is 15.8. The predicted octanol–water partition coefficient (Wildman–Crippen LogP) is 0.335. The average Bonchev–Trinajstić information content (AvgIpc) is 2.74. The average molecular weight is 420 g/mol. The van der Waals surface area contributed by atoms with E-state index in [1.165, 1.54) is 0 Å².